The van der Waals surface area contributed by atoms with E-state index in [1.165, 1.54) is 7.11 Å². The van der Waals surface area contributed by atoms with Crippen molar-refractivity contribution in [2.24, 2.45) is 0 Å². The van der Waals surface area contributed by atoms with Gasteiger partial charge >= 0.3 is 5.92 Å². The number of hydrogen-bond acceptors (Lipinski definition) is 2. The number of ether oxygens (including phenoxy) is 1. The average molecular weight is 201 g/mol. The van der Waals surface area contributed by atoms with Crippen LogP contribution in [0.4, 0.5) is 13.2 Å². The topological polar surface area (TPSA) is 33.0 Å². The molecule has 0 bridgehead atoms. The molecule has 0 radical (unpaired) electrons. The lowest BCUT2D eigenvalue weighted by Gasteiger charge is -2.08. The highest BCUT2D eigenvalue weighted by Gasteiger charge is 2.31. The van der Waals surface area contributed by atoms with Crippen LogP contribution in [0.15, 0.2) is 18.2 Å². The van der Waals surface area contributed by atoms with Gasteiger partial charge in [0.05, 0.1) is 7.11 Å². The molecule has 0 spiro atoms. The molecule has 5 heteroatoms. The van der Waals surface area contributed by atoms with E-state index < -0.39 is 17.3 Å². The fourth-order valence-electron chi connectivity index (χ4n) is 0.926. The van der Waals surface area contributed by atoms with Gasteiger partial charge in [-0.1, -0.05) is 0 Å². The zero-order valence-corrected chi connectivity index (χ0v) is 7.22. The molecule has 0 aromatic heterocycles. The van der Waals surface area contributed by atoms with Gasteiger partial charge in [0.25, 0.3) is 0 Å². The molecule has 0 fully saturated rings. The summed E-state index contributed by atoms with van der Waals surface area (Å²) in [5.74, 6) is -4.73. The number of hydrogen-bond donors (Lipinski definition) is 0. The number of halogens is 3. The smallest absolute Gasteiger partial charge is 0.357 e. The summed E-state index contributed by atoms with van der Waals surface area (Å²) >= 11 is 0. The van der Waals surface area contributed by atoms with Gasteiger partial charge in [-0.25, -0.2) is 4.39 Å². The van der Waals surface area contributed by atoms with Crippen molar-refractivity contribution in [3.05, 3.63) is 29.6 Å². The normalized spacial score (nSPS) is 10.8. The summed E-state index contributed by atoms with van der Waals surface area (Å²) in [5, 5.41) is 8.11. The maximum Gasteiger partial charge on any atom is 0.357 e. The minimum Gasteiger partial charge on any atom is -0.494 e. The Kier molecular flexibility index (Phi) is 2.65. The molecule has 0 atom stereocenters. The highest BCUT2D eigenvalue weighted by atomic mass is 19.3. The van der Waals surface area contributed by atoms with Gasteiger partial charge in [-0.3, -0.25) is 0 Å². The van der Waals surface area contributed by atoms with Gasteiger partial charge in [0.2, 0.25) is 0 Å². The first kappa shape index (κ1) is 10.4. The van der Waals surface area contributed by atoms with Crippen LogP contribution in [0.5, 0.6) is 5.75 Å². The monoisotopic (exact) mass is 201 g/mol. The summed E-state index contributed by atoms with van der Waals surface area (Å²) in [7, 11) is 1.22. The van der Waals surface area contributed by atoms with Crippen molar-refractivity contribution in [2.75, 3.05) is 7.11 Å². The molecule has 0 unspecified atom stereocenters. The number of nitriles is 1. The van der Waals surface area contributed by atoms with Gasteiger partial charge in [0.1, 0.15) is 6.07 Å². The second-order valence-electron chi connectivity index (χ2n) is 2.54. The molecule has 0 heterocycles. The first-order chi connectivity index (χ1) is 6.51. The van der Waals surface area contributed by atoms with Crippen LogP contribution < -0.4 is 4.74 Å². The maximum atomic E-state index is 12.9. The predicted octanol–water partition coefficient (Wildman–Crippen LogP) is 2.45. The molecule has 0 saturated carbocycles. The van der Waals surface area contributed by atoms with E-state index in [2.05, 4.69) is 4.74 Å². The Hall–Kier alpha value is -1.70. The first-order valence-corrected chi connectivity index (χ1v) is 3.64. The Bertz CT molecular complexity index is 384. The van der Waals surface area contributed by atoms with Gasteiger partial charge in [0, 0.05) is 5.56 Å². The number of alkyl halides is 2. The zero-order valence-electron chi connectivity index (χ0n) is 7.22. The number of methoxy groups -OCH3 is 1. The lowest BCUT2D eigenvalue weighted by Crippen LogP contribution is -2.10. The minimum atomic E-state index is -3.67. The lowest BCUT2D eigenvalue weighted by molar-refractivity contribution is 0.0608. The third-order valence-corrected chi connectivity index (χ3v) is 1.65. The van der Waals surface area contributed by atoms with Gasteiger partial charge < -0.3 is 4.74 Å². The zero-order chi connectivity index (χ0) is 10.8. The Balaban J connectivity index is 3.17. The van der Waals surface area contributed by atoms with E-state index in [-0.39, 0.29) is 5.75 Å². The molecular weight excluding hydrogens is 195 g/mol. The molecule has 0 aliphatic carbocycles. The van der Waals surface area contributed by atoms with Crippen LogP contribution in [0, 0.1) is 17.1 Å². The van der Waals surface area contributed by atoms with Crippen LogP contribution in [0.1, 0.15) is 5.56 Å². The van der Waals surface area contributed by atoms with Crippen molar-refractivity contribution in [3.8, 4) is 11.8 Å². The van der Waals surface area contributed by atoms with Crippen molar-refractivity contribution in [2.45, 2.75) is 5.92 Å². The summed E-state index contributed by atoms with van der Waals surface area (Å²) in [4.78, 5) is 0. The van der Waals surface area contributed by atoms with Crippen molar-refractivity contribution in [3.63, 3.8) is 0 Å². The molecule has 1 aromatic carbocycles. The Morgan fingerprint density at radius 3 is 2.50 bits per heavy atom. The summed E-state index contributed by atoms with van der Waals surface area (Å²) in [5.41, 5.74) is -0.682. The predicted molar refractivity (Wildman–Crippen MR) is 42.5 cm³/mol. The maximum absolute atomic E-state index is 12.9. The van der Waals surface area contributed by atoms with Crippen molar-refractivity contribution >= 4 is 0 Å². The summed E-state index contributed by atoms with van der Waals surface area (Å²) < 4.78 is 43.0. The highest BCUT2D eigenvalue weighted by Crippen LogP contribution is 2.29. The summed E-state index contributed by atoms with van der Waals surface area (Å²) in [6.07, 6.45) is 0. The molecule has 1 aromatic rings. The highest BCUT2D eigenvalue weighted by molar-refractivity contribution is 5.33. The molecular formula is C9H6F3NO. The van der Waals surface area contributed by atoms with Crippen molar-refractivity contribution in [1.29, 1.82) is 5.26 Å². The van der Waals surface area contributed by atoms with E-state index in [1.54, 1.807) is 0 Å². The van der Waals surface area contributed by atoms with Crippen LogP contribution in [0.3, 0.4) is 0 Å². The van der Waals surface area contributed by atoms with E-state index in [0.29, 0.717) is 6.07 Å². The van der Waals surface area contributed by atoms with E-state index in [0.717, 1.165) is 18.2 Å². The molecule has 0 N–H and O–H groups in total. The molecule has 74 valence electrons. The summed E-state index contributed by atoms with van der Waals surface area (Å²) in [6, 6.07) is 3.37. The molecule has 14 heavy (non-hydrogen) atoms. The number of benzene rings is 1. The average Bonchev–Trinajstić information content (AvgIpc) is 2.17. The third-order valence-electron chi connectivity index (χ3n) is 1.65. The first-order valence-electron chi connectivity index (χ1n) is 3.64. The Morgan fingerprint density at radius 2 is 2.07 bits per heavy atom. The van der Waals surface area contributed by atoms with E-state index in [9.17, 15) is 13.2 Å². The second kappa shape index (κ2) is 3.58. The molecule has 0 amide bonds. The van der Waals surface area contributed by atoms with Crippen LogP contribution in [0.25, 0.3) is 0 Å². The van der Waals surface area contributed by atoms with E-state index >= 15 is 0 Å². The quantitative estimate of drug-likeness (QED) is 0.736. The Morgan fingerprint density at radius 1 is 1.43 bits per heavy atom. The molecule has 0 aliphatic heterocycles. The molecule has 2 nitrogen and oxygen atoms in total. The number of nitrogens with zero attached hydrogens (tertiary/aromatic N) is 1. The standard InChI is InChI=1S/C9H6F3NO/c1-14-8-3-2-6(4-7(8)10)9(11,12)5-13/h2-4H,1H3. The van der Waals surface area contributed by atoms with Gasteiger partial charge in [-0.15, -0.1) is 0 Å². The van der Waals surface area contributed by atoms with Crippen LogP contribution in [-0.4, -0.2) is 7.11 Å². The minimum absolute atomic E-state index is 0.137. The lowest BCUT2D eigenvalue weighted by atomic mass is 10.1. The van der Waals surface area contributed by atoms with Gasteiger partial charge in [-0.05, 0) is 18.2 Å². The van der Waals surface area contributed by atoms with Crippen LogP contribution >= 0.6 is 0 Å². The summed E-state index contributed by atoms with van der Waals surface area (Å²) in [6.45, 7) is 0. The fourth-order valence-corrected chi connectivity index (χ4v) is 0.926. The van der Waals surface area contributed by atoms with Crippen LogP contribution in [0.2, 0.25) is 0 Å². The van der Waals surface area contributed by atoms with Crippen molar-refractivity contribution < 1.29 is 17.9 Å². The fraction of sp³-hybridized carbons (Fsp3) is 0.222. The van der Waals surface area contributed by atoms with E-state index in [4.69, 9.17) is 5.26 Å². The molecule has 1 rings (SSSR count). The van der Waals surface area contributed by atoms with Crippen molar-refractivity contribution in [1.82, 2.24) is 0 Å². The molecule has 0 aliphatic rings. The SMILES string of the molecule is COc1ccc(C(F)(F)C#N)cc1F. The molecule has 0 saturated heterocycles. The second-order valence-corrected chi connectivity index (χ2v) is 2.54. The Labute approximate surface area is 78.5 Å². The van der Waals surface area contributed by atoms with E-state index in [1.807, 2.05) is 0 Å². The van der Waals surface area contributed by atoms with Gasteiger partial charge in [0.15, 0.2) is 11.6 Å². The number of rotatable bonds is 2. The van der Waals surface area contributed by atoms with Gasteiger partial charge in [-0.2, -0.15) is 14.0 Å². The third kappa shape index (κ3) is 1.79. The largest absolute Gasteiger partial charge is 0.494 e. The van der Waals surface area contributed by atoms with Crippen LogP contribution in [-0.2, 0) is 5.92 Å².